The Balaban J connectivity index is 2.01. The van der Waals surface area contributed by atoms with Crippen molar-refractivity contribution in [3.8, 4) is 0 Å². The molecule has 1 atom stereocenters. The van der Waals surface area contributed by atoms with Crippen LogP contribution in [0, 0.1) is 0 Å². The minimum atomic E-state index is -0.351. The molecule has 0 bridgehead atoms. The van der Waals surface area contributed by atoms with Crippen LogP contribution in [0.4, 0.5) is 5.69 Å². The summed E-state index contributed by atoms with van der Waals surface area (Å²) in [6.45, 7) is 0. The molecule has 0 fully saturated rings. The number of carbonyl (C=O) groups excluding carboxylic acids is 1. The van der Waals surface area contributed by atoms with Crippen LogP contribution in [0.25, 0.3) is 0 Å². The molecule has 0 radical (unpaired) electrons. The number of hydrogen-bond donors (Lipinski definition) is 1. The normalized spacial score (nSPS) is 11.7. The van der Waals surface area contributed by atoms with Gasteiger partial charge in [-0.3, -0.25) is 0 Å². The van der Waals surface area contributed by atoms with Gasteiger partial charge in [0.2, 0.25) is 0 Å². The lowest BCUT2D eigenvalue weighted by molar-refractivity contribution is -0.141. The van der Waals surface area contributed by atoms with Gasteiger partial charge in [0.25, 0.3) is 0 Å². The summed E-state index contributed by atoms with van der Waals surface area (Å²) < 4.78 is 5.89. The Bertz CT molecular complexity index is 569. The quantitative estimate of drug-likeness (QED) is 0.801. The number of esters is 1. The molecular weight excluding hydrogens is 330 g/mol. The fourth-order valence-corrected chi connectivity index (χ4v) is 2.36. The highest BCUT2D eigenvalue weighted by molar-refractivity contribution is 9.10. The third kappa shape index (κ3) is 4.90. The molecule has 0 saturated heterocycles. The van der Waals surface area contributed by atoms with Crippen LogP contribution in [-0.4, -0.2) is 19.1 Å². The van der Waals surface area contributed by atoms with Crippen LogP contribution in [0.5, 0.6) is 0 Å². The predicted octanol–water partition coefficient (Wildman–Crippen LogP) is 4.04. The summed E-state index contributed by atoms with van der Waals surface area (Å²) in [7, 11) is 1.42. The Morgan fingerprint density at radius 3 is 2.43 bits per heavy atom. The summed E-state index contributed by atoms with van der Waals surface area (Å²) in [5, 5.41) is 3.23. The highest BCUT2D eigenvalue weighted by Crippen LogP contribution is 2.17. The number of halogens is 1. The molecule has 4 heteroatoms. The lowest BCUT2D eigenvalue weighted by Gasteiger charge is -2.17. The number of ether oxygens (including phenoxy) is 1. The highest BCUT2D eigenvalue weighted by Gasteiger charge is 2.18. The maximum Gasteiger partial charge on any atom is 0.328 e. The van der Waals surface area contributed by atoms with E-state index in [1.165, 1.54) is 12.7 Å². The molecular formula is C17H18BrNO2. The Kier molecular flexibility index (Phi) is 5.81. The van der Waals surface area contributed by atoms with Crippen molar-refractivity contribution in [1.82, 2.24) is 0 Å². The standard InChI is InChI=1S/C17H18BrNO2/c1-21-17(20)16(12-7-13-5-3-2-4-6-13)19-15-10-8-14(18)9-11-15/h2-6,8-11,16,19H,7,12H2,1H3. The number of methoxy groups -OCH3 is 1. The van der Waals surface area contributed by atoms with E-state index in [9.17, 15) is 4.79 Å². The zero-order valence-corrected chi connectivity index (χ0v) is 13.5. The smallest absolute Gasteiger partial charge is 0.328 e. The van der Waals surface area contributed by atoms with Gasteiger partial charge in [-0.25, -0.2) is 4.79 Å². The fourth-order valence-electron chi connectivity index (χ4n) is 2.09. The Morgan fingerprint density at radius 2 is 1.81 bits per heavy atom. The van der Waals surface area contributed by atoms with Crippen LogP contribution in [0.15, 0.2) is 59.1 Å². The SMILES string of the molecule is COC(=O)C(CCc1ccccc1)Nc1ccc(Br)cc1. The van der Waals surface area contributed by atoms with Gasteiger partial charge in [0.05, 0.1) is 7.11 Å². The van der Waals surface area contributed by atoms with E-state index in [1.54, 1.807) is 0 Å². The summed E-state index contributed by atoms with van der Waals surface area (Å²) in [6, 6.07) is 17.5. The zero-order valence-electron chi connectivity index (χ0n) is 11.9. The number of aryl methyl sites for hydroxylation is 1. The van der Waals surface area contributed by atoms with Gasteiger partial charge in [0.1, 0.15) is 6.04 Å². The zero-order chi connectivity index (χ0) is 15.1. The van der Waals surface area contributed by atoms with E-state index in [0.29, 0.717) is 6.42 Å². The summed E-state index contributed by atoms with van der Waals surface area (Å²) in [4.78, 5) is 11.9. The van der Waals surface area contributed by atoms with Crippen LogP contribution in [-0.2, 0) is 16.0 Å². The molecule has 0 aliphatic carbocycles. The van der Waals surface area contributed by atoms with Gasteiger partial charge in [-0.15, -0.1) is 0 Å². The summed E-state index contributed by atoms with van der Waals surface area (Å²) >= 11 is 3.40. The second kappa shape index (κ2) is 7.84. The van der Waals surface area contributed by atoms with Crippen LogP contribution in [0.3, 0.4) is 0 Å². The maximum absolute atomic E-state index is 11.9. The molecule has 0 heterocycles. The number of benzene rings is 2. The van der Waals surface area contributed by atoms with E-state index in [2.05, 4.69) is 33.4 Å². The van der Waals surface area contributed by atoms with Crippen molar-refractivity contribution in [2.75, 3.05) is 12.4 Å². The van der Waals surface area contributed by atoms with E-state index in [4.69, 9.17) is 4.74 Å². The number of carbonyl (C=O) groups is 1. The van der Waals surface area contributed by atoms with Crippen molar-refractivity contribution in [1.29, 1.82) is 0 Å². The van der Waals surface area contributed by atoms with Gasteiger partial charge in [-0.05, 0) is 42.7 Å². The number of anilines is 1. The second-order valence-electron chi connectivity index (χ2n) is 4.75. The molecule has 21 heavy (non-hydrogen) atoms. The minimum Gasteiger partial charge on any atom is -0.467 e. The Morgan fingerprint density at radius 1 is 1.14 bits per heavy atom. The molecule has 2 aromatic rings. The van der Waals surface area contributed by atoms with Gasteiger partial charge in [0, 0.05) is 10.2 Å². The summed E-state index contributed by atoms with van der Waals surface area (Å²) in [6.07, 6.45) is 1.51. The minimum absolute atomic E-state index is 0.242. The predicted molar refractivity (Wildman–Crippen MR) is 88.3 cm³/mol. The van der Waals surface area contributed by atoms with Gasteiger partial charge >= 0.3 is 5.97 Å². The van der Waals surface area contributed by atoms with Crippen molar-refractivity contribution < 1.29 is 9.53 Å². The van der Waals surface area contributed by atoms with Crippen LogP contribution in [0.1, 0.15) is 12.0 Å². The second-order valence-corrected chi connectivity index (χ2v) is 5.67. The van der Waals surface area contributed by atoms with E-state index in [-0.39, 0.29) is 12.0 Å². The molecule has 110 valence electrons. The fraction of sp³-hybridized carbons (Fsp3) is 0.235. The van der Waals surface area contributed by atoms with E-state index in [0.717, 1.165) is 16.6 Å². The molecule has 0 amide bonds. The molecule has 0 aliphatic rings. The molecule has 1 unspecified atom stereocenters. The van der Waals surface area contributed by atoms with Crippen molar-refractivity contribution in [3.05, 3.63) is 64.6 Å². The number of nitrogens with one attached hydrogen (secondary N) is 1. The summed E-state index contributed by atoms with van der Waals surface area (Å²) in [5.41, 5.74) is 2.12. The first kappa shape index (κ1) is 15.6. The maximum atomic E-state index is 11.9. The molecule has 0 spiro atoms. The van der Waals surface area contributed by atoms with E-state index >= 15 is 0 Å². The van der Waals surface area contributed by atoms with Crippen molar-refractivity contribution in [2.45, 2.75) is 18.9 Å². The molecule has 0 aromatic heterocycles. The van der Waals surface area contributed by atoms with Gasteiger partial charge < -0.3 is 10.1 Å². The molecule has 3 nitrogen and oxygen atoms in total. The highest BCUT2D eigenvalue weighted by atomic mass is 79.9. The average molecular weight is 348 g/mol. The average Bonchev–Trinajstić information content (AvgIpc) is 2.53. The van der Waals surface area contributed by atoms with Crippen molar-refractivity contribution in [2.24, 2.45) is 0 Å². The Labute approximate surface area is 133 Å². The molecule has 2 rings (SSSR count). The van der Waals surface area contributed by atoms with Gasteiger partial charge in [-0.2, -0.15) is 0 Å². The van der Waals surface area contributed by atoms with Crippen molar-refractivity contribution in [3.63, 3.8) is 0 Å². The van der Waals surface area contributed by atoms with Crippen LogP contribution >= 0.6 is 15.9 Å². The lowest BCUT2D eigenvalue weighted by atomic mass is 10.0. The van der Waals surface area contributed by atoms with Crippen molar-refractivity contribution >= 4 is 27.6 Å². The third-order valence-electron chi connectivity index (χ3n) is 3.24. The third-order valence-corrected chi connectivity index (χ3v) is 3.76. The first-order chi connectivity index (χ1) is 10.2. The lowest BCUT2D eigenvalue weighted by Crippen LogP contribution is -2.31. The van der Waals surface area contributed by atoms with E-state index < -0.39 is 0 Å². The molecule has 2 aromatic carbocycles. The number of hydrogen-bond acceptors (Lipinski definition) is 3. The summed E-state index contributed by atoms with van der Waals surface area (Å²) in [5.74, 6) is -0.242. The van der Waals surface area contributed by atoms with Crippen LogP contribution < -0.4 is 5.32 Å². The van der Waals surface area contributed by atoms with Crippen LogP contribution in [0.2, 0.25) is 0 Å². The molecule has 0 saturated carbocycles. The van der Waals surface area contributed by atoms with E-state index in [1.807, 2.05) is 42.5 Å². The first-order valence-corrected chi connectivity index (χ1v) is 7.62. The monoisotopic (exact) mass is 347 g/mol. The first-order valence-electron chi connectivity index (χ1n) is 6.83. The topological polar surface area (TPSA) is 38.3 Å². The van der Waals surface area contributed by atoms with Gasteiger partial charge in [0.15, 0.2) is 0 Å². The molecule has 0 aliphatic heterocycles. The molecule has 1 N–H and O–H groups in total. The number of rotatable bonds is 6. The van der Waals surface area contributed by atoms with Gasteiger partial charge in [-0.1, -0.05) is 46.3 Å². The largest absolute Gasteiger partial charge is 0.467 e. The Hall–Kier alpha value is -1.81.